The Kier molecular flexibility index (Phi) is 6.47. The van der Waals surface area contributed by atoms with Gasteiger partial charge in [-0.05, 0) is 71.9 Å². The molecule has 0 aromatic heterocycles. The molecule has 1 saturated carbocycles. The summed E-state index contributed by atoms with van der Waals surface area (Å²) in [4.78, 5) is 2.38. The first kappa shape index (κ1) is 16.7. The number of ether oxygens (including phenoxy) is 1. The van der Waals surface area contributed by atoms with Crippen molar-refractivity contribution in [3.05, 3.63) is 0 Å². The summed E-state index contributed by atoms with van der Waals surface area (Å²) in [6.07, 6.45) is 9.88. The monoisotopic (exact) mass is 293 g/mol. The van der Waals surface area contributed by atoms with Crippen molar-refractivity contribution >= 4 is 0 Å². The zero-order valence-corrected chi connectivity index (χ0v) is 13.7. The zero-order valence-electron chi connectivity index (χ0n) is 13.7. The maximum absolute atomic E-state index is 9.35. The van der Waals surface area contributed by atoms with Gasteiger partial charge in [-0.1, -0.05) is 0 Å². The number of nitrogens with zero attached hydrogens (tertiary/aromatic N) is 2. The number of nitrogens with one attached hydrogen (secondary N) is 1. The lowest BCUT2D eigenvalue weighted by molar-refractivity contribution is -0.00164. The molecule has 0 bridgehead atoms. The molecule has 2 rings (SSSR count). The van der Waals surface area contributed by atoms with Crippen LogP contribution in [-0.4, -0.2) is 49.3 Å². The molecule has 1 N–H and O–H groups in total. The van der Waals surface area contributed by atoms with Gasteiger partial charge in [0.25, 0.3) is 0 Å². The van der Waals surface area contributed by atoms with Gasteiger partial charge in [0.05, 0.1) is 12.2 Å². The first-order chi connectivity index (χ1) is 10.1. The Hall–Kier alpha value is -0.630. The van der Waals surface area contributed by atoms with Crippen LogP contribution in [0.3, 0.4) is 0 Å². The summed E-state index contributed by atoms with van der Waals surface area (Å²) in [5, 5.41) is 12.8. The summed E-state index contributed by atoms with van der Waals surface area (Å²) in [6, 6.07) is 3.06. The molecule has 4 heteroatoms. The second kappa shape index (κ2) is 8.12. The van der Waals surface area contributed by atoms with Gasteiger partial charge >= 0.3 is 0 Å². The molecule has 1 aliphatic heterocycles. The average Bonchev–Trinajstić information content (AvgIpc) is 3.28. The van der Waals surface area contributed by atoms with Crippen LogP contribution in [0.5, 0.6) is 0 Å². The Labute approximate surface area is 129 Å². The quantitative estimate of drug-likeness (QED) is 0.664. The van der Waals surface area contributed by atoms with Crippen molar-refractivity contribution in [1.29, 1.82) is 5.26 Å². The van der Waals surface area contributed by atoms with Gasteiger partial charge in [-0.25, -0.2) is 0 Å². The minimum atomic E-state index is -0.327. The summed E-state index contributed by atoms with van der Waals surface area (Å²) in [6.45, 7) is 5.14. The van der Waals surface area contributed by atoms with E-state index in [0.717, 1.165) is 39.0 Å². The maximum atomic E-state index is 9.35. The predicted octanol–water partition coefficient (Wildman–Crippen LogP) is 2.69. The van der Waals surface area contributed by atoms with Gasteiger partial charge in [-0.3, -0.25) is 5.32 Å². The van der Waals surface area contributed by atoms with E-state index in [1.54, 1.807) is 0 Å². The van der Waals surface area contributed by atoms with Gasteiger partial charge < -0.3 is 9.64 Å². The van der Waals surface area contributed by atoms with Crippen LogP contribution >= 0.6 is 0 Å². The third kappa shape index (κ3) is 6.34. The van der Waals surface area contributed by atoms with Gasteiger partial charge in [0, 0.05) is 19.2 Å². The Bertz CT molecular complexity index is 344. The van der Waals surface area contributed by atoms with Crippen LogP contribution in [0.2, 0.25) is 0 Å². The van der Waals surface area contributed by atoms with Gasteiger partial charge in [0.2, 0.25) is 0 Å². The Morgan fingerprint density at radius 1 is 1.29 bits per heavy atom. The van der Waals surface area contributed by atoms with Crippen LogP contribution in [0, 0.1) is 11.3 Å². The number of hydrogen-bond acceptors (Lipinski definition) is 4. The first-order valence-corrected chi connectivity index (χ1v) is 8.60. The molecule has 0 aromatic rings. The second-order valence-electron chi connectivity index (χ2n) is 7.07. The summed E-state index contributed by atoms with van der Waals surface area (Å²) in [5.41, 5.74) is -0.327. The maximum Gasteiger partial charge on any atom is 0.104 e. The van der Waals surface area contributed by atoms with Crippen LogP contribution in [-0.2, 0) is 4.74 Å². The number of likely N-dealkylation sites (N-methyl/N-ethyl adjacent to an activating group) is 1. The summed E-state index contributed by atoms with van der Waals surface area (Å²) in [7, 11) is 2.18. The highest BCUT2D eigenvalue weighted by Crippen LogP contribution is 2.24. The highest BCUT2D eigenvalue weighted by Gasteiger charge is 2.31. The number of rotatable bonds is 9. The molecule has 120 valence electrons. The summed E-state index contributed by atoms with van der Waals surface area (Å²) < 4.78 is 5.78. The van der Waals surface area contributed by atoms with E-state index in [1.165, 1.54) is 32.1 Å². The molecule has 2 aliphatic rings. The van der Waals surface area contributed by atoms with Gasteiger partial charge in [0.1, 0.15) is 5.54 Å². The highest BCUT2D eigenvalue weighted by atomic mass is 16.5. The molecule has 21 heavy (non-hydrogen) atoms. The lowest BCUT2D eigenvalue weighted by atomic mass is 9.96. The normalized spacial score (nSPS) is 25.5. The molecule has 0 amide bonds. The first-order valence-electron chi connectivity index (χ1n) is 8.60. The molecule has 4 nitrogen and oxygen atoms in total. The standard InChI is InChI=1S/C17H31N3O/c1-17(14-18,19-15-8-9-15)10-4-5-11-20(2)13-16-7-3-6-12-21-16/h15-16,19H,3-13H2,1-2H3. The topological polar surface area (TPSA) is 48.3 Å². The van der Waals surface area contributed by atoms with Crippen LogP contribution < -0.4 is 5.32 Å². The summed E-state index contributed by atoms with van der Waals surface area (Å²) >= 11 is 0. The molecule has 0 spiro atoms. The number of unbranched alkanes of at least 4 members (excludes halogenated alkanes) is 1. The molecule has 2 atom stereocenters. The van der Waals surface area contributed by atoms with Crippen LogP contribution in [0.15, 0.2) is 0 Å². The zero-order chi connectivity index (χ0) is 15.1. The molecule has 1 heterocycles. The molecular weight excluding hydrogens is 262 g/mol. The smallest absolute Gasteiger partial charge is 0.104 e. The van der Waals surface area contributed by atoms with Crippen LogP contribution in [0.25, 0.3) is 0 Å². The average molecular weight is 293 g/mol. The SMILES string of the molecule is CN(CCCCC(C)(C#N)NC1CC1)CC1CCCCO1. The van der Waals surface area contributed by atoms with Crippen LogP contribution in [0.4, 0.5) is 0 Å². The van der Waals surface area contributed by atoms with E-state index < -0.39 is 0 Å². The fourth-order valence-electron chi connectivity index (χ4n) is 3.09. The Morgan fingerprint density at radius 3 is 2.71 bits per heavy atom. The third-order valence-electron chi connectivity index (χ3n) is 4.60. The third-order valence-corrected chi connectivity index (χ3v) is 4.60. The lowest BCUT2D eigenvalue weighted by Crippen LogP contribution is -2.42. The predicted molar refractivity (Wildman–Crippen MR) is 85.1 cm³/mol. The van der Waals surface area contributed by atoms with Gasteiger partial charge in [-0.2, -0.15) is 5.26 Å². The Morgan fingerprint density at radius 2 is 2.10 bits per heavy atom. The van der Waals surface area contributed by atoms with Crippen molar-refractivity contribution in [1.82, 2.24) is 10.2 Å². The molecule has 2 fully saturated rings. The fourth-order valence-corrected chi connectivity index (χ4v) is 3.09. The fraction of sp³-hybridized carbons (Fsp3) is 0.941. The van der Waals surface area contributed by atoms with Crippen molar-refractivity contribution in [2.45, 2.75) is 76.0 Å². The van der Waals surface area contributed by atoms with Crippen molar-refractivity contribution < 1.29 is 4.74 Å². The molecule has 2 unspecified atom stereocenters. The van der Waals surface area contributed by atoms with Crippen molar-refractivity contribution in [3.8, 4) is 6.07 Å². The lowest BCUT2D eigenvalue weighted by Gasteiger charge is -2.28. The molecular formula is C17H31N3O. The van der Waals surface area contributed by atoms with E-state index in [0.29, 0.717) is 12.1 Å². The van der Waals surface area contributed by atoms with Gasteiger partial charge in [-0.15, -0.1) is 0 Å². The molecule has 0 aromatic carbocycles. The van der Waals surface area contributed by atoms with E-state index >= 15 is 0 Å². The molecule has 1 saturated heterocycles. The van der Waals surface area contributed by atoms with E-state index in [9.17, 15) is 5.26 Å². The molecule has 1 aliphatic carbocycles. The number of hydrogen-bond donors (Lipinski definition) is 1. The minimum Gasteiger partial charge on any atom is -0.377 e. The largest absolute Gasteiger partial charge is 0.377 e. The van der Waals surface area contributed by atoms with Gasteiger partial charge in [0.15, 0.2) is 0 Å². The second-order valence-corrected chi connectivity index (χ2v) is 7.07. The molecule has 0 radical (unpaired) electrons. The summed E-state index contributed by atoms with van der Waals surface area (Å²) in [5.74, 6) is 0. The van der Waals surface area contributed by atoms with E-state index in [1.807, 2.05) is 6.92 Å². The van der Waals surface area contributed by atoms with E-state index in [-0.39, 0.29) is 5.54 Å². The van der Waals surface area contributed by atoms with Crippen molar-refractivity contribution in [2.75, 3.05) is 26.7 Å². The Balaban J connectivity index is 1.56. The van der Waals surface area contributed by atoms with E-state index in [2.05, 4.69) is 23.3 Å². The minimum absolute atomic E-state index is 0.327. The van der Waals surface area contributed by atoms with Crippen molar-refractivity contribution in [2.24, 2.45) is 0 Å². The highest BCUT2D eigenvalue weighted by molar-refractivity contribution is 5.06. The van der Waals surface area contributed by atoms with Crippen LogP contribution in [0.1, 0.15) is 58.3 Å². The van der Waals surface area contributed by atoms with Crippen molar-refractivity contribution in [3.63, 3.8) is 0 Å². The van der Waals surface area contributed by atoms with E-state index in [4.69, 9.17) is 4.74 Å². The number of nitriles is 1.